The molecule has 3 nitrogen and oxygen atoms in total. The van der Waals surface area contributed by atoms with Gasteiger partial charge in [0.2, 0.25) is 0 Å². The second kappa shape index (κ2) is 12.4. The summed E-state index contributed by atoms with van der Waals surface area (Å²) in [5.74, 6) is -2.08. The Hall–Kier alpha value is -0.123. The van der Waals surface area contributed by atoms with Gasteiger partial charge in [-0.3, -0.25) is 4.39 Å². The van der Waals surface area contributed by atoms with Gasteiger partial charge in [-0.2, -0.15) is 0 Å². The van der Waals surface area contributed by atoms with Gasteiger partial charge in [-0.1, -0.05) is 0 Å². The maximum atomic E-state index is 13.4. The van der Waals surface area contributed by atoms with Crippen LogP contribution in [0.4, 0.5) is 39.5 Å². The number of alkyl halides is 9. The van der Waals surface area contributed by atoms with E-state index in [2.05, 4.69) is 0 Å². The van der Waals surface area contributed by atoms with E-state index in [1.807, 2.05) is 0 Å². The molecular weight excluding hydrogens is 402 g/mol. The van der Waals surface area contributed by atoms with Gasteiger partial charge in [0.05, 0.1) is 22.5 Å². The molecule has 0 aliphatic rings. The van der Waals surface area contributed by atoms with E-state index in [-0.39, 0.29) is 18.9 Å². The average Bonchev–Trinajstić information content (AvgIpc) is 2.53. The maximum absolute atomic E-state index is 13.4. The molecule has 152 valence electrons. The van der Waals surface area contributed by atoms with Gasteiger partial charge in [-0.15, -0.1) is 0 Å². The molecule has 0 saturated heterocycles. The SMILES string of the molecule is O=S(=O)([O-])CC(F)C(F)C(F)C(F)C(F)C(F)C(F)C(F)CCCF.[Li+]. The Morgan fingerprint density at radius 3 is 1.38 bits per heavy atom. The molecule has 0 bridgehead atoms. The molecule has 0 rings (SSSR count). The van der Waals surface area contributed by atoms with Gasteiger partial charge >= 0.3 is 18.9 Å². The smallest absolute Gasteiger partial charge is 0.748 e. The molecule has 0 radical (unpaired) electrons. The molecule has 0 saturated carbocycles. The monoisotopic (exact) mass is 418 g/mol. The van der Waals surface area contributed by atoms with Crippen LogP contribution in [0.25, 0.3) is 0 Å². The minimum atomic E-state index is -5.36. The van der Waals surface area contributed by atoms with Crippen LogP contribution in [0.15, 0.2) is 0 Å². The molecule has 8 unspecified atom stereocenters. The number of hydrogen-bond donors (Lipinski definition) is 0. The number of rotatable bonds is 12. The van der Waals surface area contributed by atoms with E-state index in [9.17, 15) is 52.5 Å². The first-order chi connectivity index (χ1) is 11.3. The van der Waals surface area contributed by atoms with Crippen molar-refractivity contribution in [3.8, 4) is 0 Å². The summed E-state index contributed by atoms with van der Waals surface area (Å²) in [7, 11) is -5.36. The molecule has 0 aliphatic heterocycles. The maximum Gasteiger partial charge on any atom is 1.00 e. The summed E-state index contributed by atoms with van der Waals surface area (Å²) in [6.45, 7) is -1.09. The van der Waals surface area contributed by atoms with E-state index < -0.39 is 84.8 Å². The molecule has 0 aromatic carbocycles. The third kappa shape index (κ3) is 9.19. The van der Waals surface area contributed by atoms with Crippen molar-refractivity contribution in [2.75, 3.05) is 12.4 Å². The third-order valence-electron chi connectivity index (χ3n) is 3.19. The van der Waals surface area contributed by atoms with Crippen LogP contribution in [0.5, 0.6) is 0 Å². The summed E-state index contributed by atoms with van der Waals surface area (Å²) in [5, 5.41) is 0. The summed E-state index contributed by atoms with van der Waals surface area (Å²) < 4.78 is 149. The van der Waals surface area contributed by atoms with E-state index >= 15 is 0 Å². The van der Waals surface area contributed by atoms with E-state index in [0.717, 1.165) is 0 Å². The van der Waals surface area contributed by atoms with Crippen LogP contribution in [0, 0.1) is 0 Å². The minimum absolute atomic E-state index is 0. The van der Waals surface area contributed by atoms with Crippen molar-refractivity contribution in [1.82, 2.24) is 0 Å². The fraction of sp³-hybridized carbons (Fsp3) is 1.00. The van der Waals surface area contributed by atoms with Crippen LogP contribution in [0.1, 0.15) is 12.8 Å². The van der Waals surface area contributed by atoms with E-state index in [0.29, 0.717) is 0 Å². The Morgan fingerprint density at radius 2 is 1.04 bits per heavy atom. The van der Waals surface area contributed by atoms with Gasteiger partial charge in [0.1, 0.15) is 12.3 Å². The molecule has 8 atom stereocenters. The van der Waals surface area contributed by atoms with Crippen LogP contribution >= 0.6 is 0 Å². The molecule has 14 heteroatoms. The predicted molar refractivity (Wildman–Crippen MR) is 68.9 cm³/mol. The van der Waals surface area contributed by atoms with E-state index in [4.69, 9.17) is 0 Å². The number of halogens is 9. The van der Waals surface area contributed by atoms with Crippen LogP contribution < -0.4 is 18.9 Å². The molecule has 0 aromatic rings. The van der Waals surface area contributed by atoms with Crippen LogP contribution in [-0.4, -0.2) is 74.8 Å². The van der Waals surface area contributed by atoms with Gasteiger partial charge in [0.15, 0.2) is 37.0 Å². The van der Waals surface area contributed by atoms with Crippen molar-refractivity contribution in [3.63, 3.8) is 0 Å². The van der Waals surface area contributed by atoms with E-state index in [1.165, 1.54) is 0 Å². The van der Waals surface area contributed by atoms with Gasteiger partial charge in [-0.25, -0.2) is 43.5 Å². The van der Waals surface area contributed by atoms with Crippen molar-refractivity contribution < 1.29 is 71.3 Å². The average molecular weight is 418 g/mol. The topological polar surface area (TPSA) is 57.2 Å². The predicted octanol–water partition coefficient (Wildman–Crippen LogP) is -0.00990. The minimum Gasteiger partial charge on any atom is -0.748 e. The first-order valence-corrected chi connectivity index (χ1v) is 8.53. The Balaban J connectivity index is 0. The Labute approximate surface area is 156 Å². The zero-order valence-electron chi connectivity index (χ0n) is 13.5. The Kier molecular flexibility index (Phi) is 13.4. The van der Waals surface area contributed by atoms with Crippen molar-refractivity contribution >= 4 is 10.1 Å². The van der Waals surface area contributed by atoms with Gasteiger partial charge < -0.3 is 4.55 Å². The molecule has 0 aliphatic carbocycles. The second-order valence-corrected chi connectivity index (χ2v) is 6.70. The fourth-order valence-corrected chi connectivity index (χ4v) is 2.39. The summed E-state index contributed by atoms with van der Waals surface area (Å²) in [5.41, 5.74) is 0. The molecule has 0 N–H and O–H groups in total. The normalized spacial score (nSPS) is 21.6. The molecule has 26 heavy (non-hydrogen) atoms. The van der Waals surface area contributed by atoms with E-state index in [1.54, 1.807) is 0 Å². The molecule has 0 aromatic heterocycles. The molecular formula is C12H16F9LiO3S. The van der Waals surface area contributed by atoms with Crippen molar-refractivity contribution in [1.29, 1.82) is 0 Å². The summed E-state index contributed by atoms with van der Waals surface area (Å²) >= 11 is 0. The first-order valence-electron chi connectivity index (χ1n) is 6.95. The largest absolute Gasteiger partial charge is 1.00 e. The fourth-order valence-electron chi connectivity index (χ4n) is 1.82. The molecule has 0 spiro atoms. The van der Waals surface area contributed by atoms with Crippen LogP contribution in [0.2, 0.25) is 0 Å². The first kappa shape index (κ1) is 28.1. The molecule has 0 amide bonds. The van der Waals surface area contributed by atoms with Gasteiger partial charge in [-0.05, 0) is 12.8 Å². The quantitative estimate of drug-likeness (QED) is 0.255. The molecule has 0 heterocycles. The van der Waals surface area contributed by atoms with Crippen LogP contribution in [-0.2, 0) is 10.1 Å². The standard InChI is InChI=1S/C12H17F9O3S.Li/c13-3-1-2-5(14)7(16)9(18)11(20)12(21)10(19)8(17)6(15)4-25(22,23)24;/h5-12H,1-4H2,(H,22,23,24);/q;+1/p-1. The van der Waals surface area contributed by atoms with Crippen molar-refractivity contribution in [2.45, 2.75) is 62.2 Å². The van der Waals surface area contributed by atoms with Gasteiger partial charge in [0.25, 0.3) is 0 Å². The van der Waals surface area contributed by atoms with Gasteiger partial charge in [0, 0.05) is 0 Å². The third-order valence-corrected chi connectivity index (χ3v) is 3.92. The summed E-state index contributed by atoms with van der Waals surface area (Å²) in [4.78, 5) is 0. The van der Waals surface area contributed by atoms with Crippen LogP contribution in [0.3, 0.4) is 0 Å². The zero-order chi connectivity index (χ0) is 19.9. The Bertz CT molecular complexity index is 487. The second-order valence-electron chi connectivity index (χ2n) is 5.25. The van der Waals surface area contributed by atoms with Crippen molar-refractivity contribution in [2.24, 2.45) is 0 Å². The summed E-state index contributed by atoms with van der Waals surface area (Å²) in [6.07, 6.45) is -29.4. The van der Waals surface area contributed by atoms with Crippen molar-refractivity contribution in [3.05, 3.63) is 0 Å². The molecule has 0 fully saturated rings. The number of hydrogen-bond acceptors (Lipinski definition) is 3. The Morgan fingerprint density at radius 1 is 0.692 bits per heavy atom. The summed E-state index contributed by atoms with van der Waals surface area (Å²) in [6, 6.07) is 0. The zero-order valence-corrected chi connectivity index (χ0v) is 14.3.